The van der Waals surface area contributed by atoms with Crippen molar-refractivity contribution in [2.75, 3.05) is 13.1 Å². The van der Waals surface area contributed by atoms with Gasteiger partial charge in [0.2, 0.25) is 5.91 Å². The molecule has 0 bridgehead atoms. The Hall–Kier alpha value is -0.670. The van der Waals surface area contributed by atoms with Gasteiger partial charge in [0.05, 0.1) is 5.25 Å². The number of carbonyl (C=O) groups is 1. The largest absolute Gasteiger partial charge is 0.342 e. The van der Waals surface area contributed by atoms with Crippen molar-refractivity contribution in [1.29, 1.82) is 0 Å². The van der Waals surface area contributed by atoms with Crippen LogP contribution in [0.3, 0.4) is 0 Å². The molecule has 1 heterocycles. The molecule has 1 aromatic carbocycles. The lowest BCUT2D eigenvalue weighted by molar-refractivity contribution is -0.131. The van der Waals surface area contributed by atoms with E-state index in [9.17, 15) is 4.79 Å². The van der Waals surface area contributed by atoms with Crippen molar-refractivity contribution >= 4 is 29.3 Å². The number of nitrogens with zero attached hydrogens (tertiary/aromatic N) is 1. The van der Waals surface area contributed by atoms with Gasteiger partial charge in [-0.25, -0.2) is 0 Å². The topological polar surface area (TPSA) is 20.3 Å². The van der Waals surface area contributed by atoms with Crippen LogP contribution < -0.4 is 0 Å². The van der Waals surface area contributed by atoms with E-state index in [1.165, 1.54) is 6.42 Å². The number of halogens is 1. The SMILES string of the molecule is CC(Sc1ccc(Cl)cc1)C(=O)N1CCCCC1. The molecule has 0 spiro atoms. The summed E-state index contributed by atoms with van der Waals surface area (Å²) in [5.41, 5.74) is 0. The van der Waals surface area contributed by atoms with Gasteiger partial charge in [-0.05, 0) is 50.5 Å². The van der Waals surface area contributed by atoms with Gasteiger partial charge in [-0.3, -0.25) is 4.79 Å². The summed E-state index contributed by atoms with van der Waals surface area (Å²) in [6.07, 6.45) is 3.54. The Morgan fingerprint density at radius 2 is 1.83 bits per heavy atom. The Balaban J connectivity index is 1.92. The first-order chi connectivity index (χ1) is 8.66. The molecular weight excluding hydrogens is 266 g/mol. The molecule has 2 nitrogen and oxygen atoms in total. The molecule has 1 aliphatic heterocycles. The van der Waals surface area contributed by atoms with E-state index >= 15 is 0 Å². The van der Waals surface area contributed by atoms with Crippen LogP contribution >= 0.6 is 23.4 Å². The van der Waals surface area contributed by atoms with Crippen LogP contribution in [0.15, 0.2) is 29.2 Å². The second-order valence-electron chi connectivity index (χ2n) is 4.60. The van der Waals surface area contributed by atoms with Crippen LogP contribution in [-0.4, -0.2) is 29.1 Å². The third-order valence-corrected chi connectivity index (χ3v) is 4.49. The van der Waals surface area contributed by atoms with Crippen molar-refractivity contribution in [3.8, 4) is 0 Å². The summed E-state index contributed by atoms with van der Waals surface area (Å²) >= 11 is 7.45. The van der Waals surface area contributed by atoms with Gasteiger partial charge in [-0.2, -0.15) is 0 Å². The highest BCUT2D eigenvalue weighted by Gasteiger charge is 2.22. The van der Waals surface area contributed by atoms with Gasteiger partial charge in [-0.1, -0.05) is 11.6 Å². The smallest absolute Gasteiger partial charge is 0.235 e. The number of thioether (sulfide) groups is 1. The van der Waals surface area contributed by atoms with Crippen molar-refractivity contribution in [1.82, 2.24) is 4.90 Å². The Morgan fingerprint density at radius 3 is 2.44 bits per heavy atom. The molecule has 1 fully saturated rings. The number of likely N-dealkylation sites (tertiary alicyclic amines) is 1. The molecular formula is C14H18ClNOS. The van der Waals surface area contributed by atoms with Crippen molar-refractivity contribution in [2.24, 2.45) is 0 Å². The van der Waals surface area contributed by atoms with E-state index in [1.807, 2.05) is 36.1 Å². The number of amides is 1. The molecule has 2 rings (SSSR count). The molecule has 1 saturated heterocycles. The monoisotopic (exact) mass is 283 g/mol. The van der Waals surface area contributed by atoms with Crippen LogP contribution in [0, 0.1) is 0 Å². The molecule has 0 N–H and O–H groups in total. The van der Waals surface area contributed by atoms with Crippen LogP contribution in [0.4, 0.5) is 0 Å². The van der Waals surface area contributed by atoms with Crippen LogP contribution in [0.5, 0.6) is 0 Å². The summed E-state index contributed by atoms with van der Waals surface area (Å²) in [6, 6.07) is 7.66. The number of benzene rings is 1. The molecule has 0 aromatic heterocycles. The summed E-state index contributed by atoms with van der Waals surface area (Å²) in [5, 5.41) is 0.707. The first-order valence-corrected chi connectivity index (χ1v) is 7.63. The molecule has 0 aliphatic carbocycles. The zero-order valence-electron chi connectivity index (χ0n) is 10.6. The van der Waals surface area contributed by atoms with Gasteiger partial charge in [-0.15, -0.1) is 11.8 Å². The average Bonchev–Trinajstić information content (AvgIpc) is 2.41. The van der Waals surface area contributed by atoms with Crippen LogP contribution in [0.2, 0.25) is 5.02 Å². The lowest BCUT2D eigenvalue weighted by Crippen LogP contribution is -2.40. The summed E-state index contributed by atoms with van der Waals surface area (Å²) in [5.74, 6) is 0.259. The Morgan fingerprint density at radius 1 is 1.22 bits per heavy atom. The highest BCUT2D eigenvalue weighted by atomic mass is 35.5. The van der Waals surface area contributed by atoms with Gasteiger partial charge >= 0.3 is 0 Å². The maximum atomic E-state index is 12.2. The Labute approximate surface area is 118 Å². The van der Waals surface area contributed by atoms with E-state index in [0.29, 0.717) is 0 Å². The van der Waals surface area contributed by atoms with E-state index in [2.05, 4.69) is 0 Å². The molecule has 1 aromatic rings. The highest BCUT2D eigenvalue weighted by Crippen LogP contribution is 2.26. The summed E-state index contributed by atoms with van der Waals surface area (Å²) in [7, 11) is 0. The maximum Gasteiger partial charge on any atom is 0.235 e. The second-order valence-corrected chi connectivity index (χ2v) is 6.45. The van der Waals surface area contributed by atoms with E-state index in [-0.39, 0.29) is 11.2 Å². The van der Waals surface area contributed by atoms with E-state index < -0.39 is 0 Å². The number of piperidine rings is 1. The van der Waals surface area contributed by atoms with Crippen LogP contribution in [0.25, 0.3) is 0 Å². The minimum absolute atomic E-state index is 0.0238. The zero-order chi connectivity index (χ0) is 13.0. The number of hydrogen-bond donors (Lipinski definition) is 0. The van der Waals surface area contributed by atoms with Gasteiger partial charge < -0.3 is 4.90 Å². The molecule has 1 amide bonds. The molecule has 18 heavy (non-hydrogen) atoms. The van der Waals surface area contributed by atoms with Crippen molar-refractivity contribution in [2.45, 2.75) is 36.3 Å². The summed E-state index contributed by atoms with van der Waals surface area (Å²) < 4.78 is 0. The quantitative estimate of drug-likeness (QED) is 0.786. The molecule has 98 valence electrons. The highest BCUT2D eigenvalue weighted by molar-refractivity contribution is 8.00. The lowest BCUT2D eigenvalue weighted by atomic mass is 10.1. The normalized spacial score (nSPS) is 17.6. The van der Waals surface area contributed by atoms with Crippen molar-refractivity contribution < 1.29 is 4.79 Å². The number of hydrogen-bond acceptors (Lipinski definition) is 2. The first-order valence-electron chi connectivity index (χ1n) is 6.38. The molecule has 0 saturated carbocycles. The minimum Gasteiger partial charge on any atom is -0.342 e. The molecule has 4 heteroatoms. The second kappa shape index (κ2) is 6.48. The van der Waals surface area contributed by atoms with Crippen LogP contribution in [-0.2, 0) is 4.79 Å². The first kappa shape index (κ1) is 13.8. The molecule has 1 unspecified atom stereocenters. The summed E-state index contributed by atoms with van der Waals surface area (Å²) in [4.78, 5) is 15.3. The van der Waals surface area contributed by atoms with Crippen molar-refractivity contribution in [3.05, 3.63) is 29.3 Å². The zero-order valence-corrected chi connectivity index (χ0v) is 12.1. The predicted molar refractivity (Wildman–Crippen MR) is 77.2 cm³/mol. The lowest BCUT2D eigenvalue weighted by Gasteiger charge is -2.29. The average molecular weight is 284 g/mol. The third-order valence-electron chi connectivity index (χ3n) is 3.14. The van der Waals surface area contributed by atoms with Crippen molar-refractivity contribution in [3.63, 3.8) is 0 Å². The van der Waals surface area contributed by atoms with E-state index in [1.54, 1.807) is 11.8 Å². The maximum absolute atomic E-state index is 12.2. The van der Waals surface area contributed by atoms with Crippen LogP contribution in [0.1, 0.15) is 26.2 Å². The molecule has 1 aliphatic rings. The Kier molecular flexibility index (Phi) is 4.95. The third kappa shape index (κ3) is 3.66. The van der Waals surface area contributed by atoms with E-state index in [0.717, 1.165) is 35.8 Å². The fourth-order valence-corrected chi connectivity index (χ4v) is 3.22. The van der Waals surface area contributed by atoms with Gasteiger partial charge in [0.25, 0.3) is 0 Å². The summed E-state index contributed by atoms with van der Waals surface area (Å²) in [6.45, 7) is 3.82. The Bertz CT molecular complexity index is 401. The fraction of sp³-hybridized carbons (Fsp3) is 0.500. The van der Waals surface area contributed by atoms with Gasteiger partial charge in [0, 0.05) is 23.0 Å². The molecule has 0 radical (unpaired) electrons. The number of carbonyl (C=O) groups excluding carboxylic acids is 1. The number of rotatable bonds is 3. The van der Waals surface area contributed by atoms with Gasteiger partial charge in [0.15, 0.2) is 0 Å². The molecule has 1 atom stereocenters. The standard InChI is InChI=1S/C14H18ClNOS/c1-11(14(17)16-9-3-2-4-10-16)18-13-7-5-12(15)6-8-13/h5-8,11H,2-4,9-10H2,1H3. The minimum atomic E-state index is -0.0238. The predicted octanol–water partition coefficient (Wildman–Crippen LogP) is 3.83. The fourth-order valence-electron chi connectivity index (χ4n) is 2.14. The van der Waals surface area contributed by atoms with E-state index in [4.69, 9.17) is 11.6 Å². The van der Waals surface area contributed by atoms with Gasteiger partial charge in [0.1, 0.15) is 0 Å².